The normalized spacial score (nSPS) is 14.3. The Morgan fingerprint density at radius 3 is 2.40 bits per heavy atom. The molecule has 0 radical (unpaired) electrons. The Labute approximate surface area is 202 Å². The molecular weight excluding hydrogens is 453 g/mol. The second kappa shape index (κ2) is 10.8. The minimum atomic E-state index is -0.750. The summed E-state index contributed by atoms with van der Waals surface area (Å²) in [6, 6.07) is 9.32. The molecule has 0 bridgehead atoms. The Hall–Kier alpha value is -3.56. The summed E-state index contributed by atoms with van der Waals surface area (Å²) in [7, 11) is 2.87. The number of halogens is 1. The minimum Gasteiger partial charge on any atom is -0.505 e. The summed E-state index contributed by atoms with van der Waals surface area (Å²) in [5.74, 6) is -1.64. The van der Waals surface area contributed by atoms with Gasteiger partial charge < -0.3 is 19.5 Å². The quantitative estimate of drug-likeness (QED) is 0.519. The van der Waals surface area contributed by atoms with Crippen LogP contribution >= 0.6 is 0 Å². The van der Waals surface area contributed by atoms with Crippen LogP contribution in [0.3, 0.4) is 0 Å². The van der Waals surface area contributed by atoms with Crippen molar-refractivity contribution in [3.05, 3.63) is 70.7 Å². The first-order valence-corrected chi connectivity index (χ1v) is 11.4. The van der Waals surface area contributed by atoms with Crippen LogP contribution in [0.15, 0.2) is 42.6 Å². The number of nitrogens with zero attached hydrogens (tertiary/aromatic N) is 3. The summed E-state index contributed by atoms with van der Waals surface area (Å²) in [6.45, 7) is 3.90. The van der Waals surface area contributed by atoms with Gasteiger partial charge in [0.25, 0.3) is 5.91 Å². The molecule has 1 aliphatic rings. The molecule has 1 amide bonds. The first-order valence-electron chi connectivity index (χ1n) is 11.4. The average molecular weight is 482 g/mol. The maximum absolute atomic E-state index is 13.6. The number of methoxy groups -OCH3 is 2. The first kappa shape index (κ1) is 24.6. The molecule has 1 aliphatic heterocycles. The van der Waals surface area contributed by atoms with Crippen LogP contribution in [-0.4, -0.2) is 85.3 Å². The van der Waals surface area contributed by atoms with Gasteiger partial charge >= 0.3 is 5.97 Å². The van der Waals surface area contributed by atoms with E-state index in [4.69, 9.17) is 9.47 Å². The third kappa shape index (κ3) is 5.41. The van der Waals surface area contributed by atoms with Crippen molar-refractivity contribution in [2.75, 3.05) is 53.6 Å². The molecule has 1 fully saturated rings. The lowest BCUT2D eigenvalue weighted by atomic mass is 9.98. The van der Waals surface area contributed by atoms with E-state index in [1.54, 1.807) is 36.4 Å². The molecule has 1 aromatic heterocycles. The monoisotopic (exact) mass is 481 g/mol. The zero-order chi connectivity index (χ0) is 24.9. The van der Waals surface area contributed by atoms with Gasteiger partial charge in [-0.1, -0.05) is 12.1 Å². The number of rotatable bonds is 7. The first-order chi connectivity index (χ1) is 16.9. The second-order valence-corrected chi connectivity index (χ2v) is 8.48. The molecule has 1 N–H and O–H groups in total. The molecule has 4 rings (SSSR count). The molecule has 0 unspecified atom stereocenters. The minimum absolute atomic E-state index is 0.110. The number of fused-ring (bicyclic) bond motifs is 1. The maximum Gasteiger partial charge on any atom is 0.341 e. The molecule has 1 saturated heterocycles. The van der Waals surface area contributed by atoms with Crippen LogP contribution < -0.4 is 0 Å². The number of hydrogen-bond acceptors (Lipinski definition) is 7. The lowest BCUT2D eigenvalue weighted by molar-refractivity contribution is 0.0595. The second-order valence-electron chi connectivity index (χ2n) is 8.48. The van der Waals surface area contributed by atoms with Crippen LogP contribution in [0.5, 0.6) is 5.75 Å². The molecule has 0 spiro atoms. The van der Waals surface area contributed by atoms with Gasteiger partial charge in [0, 0.05) is 51.4 Å². The molecule has 0 aliphatic carbocycles. The molecule has 8 nitrogen and oxygen atoms in total. The number of carbonyl (C=O) groups is 2. The fourth-order valence-corrected chi connectivity index (χ4v) is 4.26. The van der Waals surface area contributed by atoms with Gasteiger partial charge in [0.05, 0.1) is 19.3 Å². The number of carbonyl (C=O) groups excluding carboxylic acids is 2. The zero-order valence-corrected chi connectivity index (χ0v) is 19.8. The zero-order valence-electron chi connectivity index (χ0n) is 19.8. The van der Waals surface area contributed by atoms with Crippen LogP contribution in [0, 0.1) is 5.82 Å². The predicted molar refractivity (Wildman–Crippen MR) is 128 cm³/mol. The molecule has 3 aromatic rings. The van der Waals surface area contributed by atoms with E-state index in [1.165, 1.54) is 25.3 Å². The highest BCUT2D eigenvalue weighted by Crippen LogP contribution is 2.33. The number of amides is 1. The molecule has 2 heterocycles. The van der Waals surface area contributed by atoms with Crippen molar-refractivity contribution >= 4 is 22.8 Å². The Balaban J connectivity index is 1.70. The van der Waals surface area contributed by atoms with Crippen molar-refractivity contribution in [2.45, 2.75) is 6.42 Å². The summed E-state index contributed by atoms with van der Waals surface area (Å²) >= 11 is 0. The largest absolute Gasteiger partial charge is 0.505 e. The van der Waals surface area contributed by atoms with Crippen LogP contribution in [0.1, 0.15) is 31.8 Å². The lowest BCUT2D eigenvalue weighted by Gasteiger charge is -2.34. The maximum atomic E-state index is 13.6. The Morgan fingerprint density at radius 2 is 1.74 bits per heavy atom. The fourth-order valence-electron chi connectivity index (χ4n) is 4.26. The summed E-state index contributed by atoms with van der Waals surface area (Å²) in [6.07, 6.45) is 2.05. The fraction of sp³-hybridized carbons (Fsp3) is 0.346. The van der Waals surface area contributed by atoms with Gasteiger partial charge in [0.1, 0.15) is 16.9 Å². The highest BCUT2D eigenvalue weighted by Gasteiger charge is 2.27. The highest BCUT2D eigenvalue weighted by atomic mass is 19.1. The van der Waals surface area contributed by atoms with E-state index in [2.05, 4.69) is 9.88 Å². The SMILES string of the molecule is COCCN1CCN(C(=O)c2cc(C(=O)OC)c(O)c3ncc(Cc4ccc(F)cc4)cc23)CC1. The summed E-state index contributed by atoms with van der Waals surface area (Å²) in [4.78, 5) is 34.3. The Bertz CT molecular complexity index is 1220. The van der Waals surface area contributed by atoms with E-state index < -0.39 is 5.97 Å². The Morgan fingerprint density at radius 1 is 1.03 bits per heavy atom. The van der Waals surface area contributed by atoms with Gasteiger partial charge in [-0.2, -0.15) is 0 Å². The third-order valence-electron chi connectivity index (χ3n) is 6.23. The van der Waals surface area contributed by atoms with Crippen LogP contribution in [0.4, 0.5) is 4.39 Å². The van der Waals surface area contributed by atoms with E-state index in [1.807, 2.05) is 0 Å². The van der Waals surface area contributed by atoms with Crippen molar-refractivity contribution in [3.8, 4) is 5.75 Å². The van der Waals surface area contributed by atoms with Crippen LogP contribution in [0.25, 0.3) is 10.9 Å². The van der Waals surface area contributed by atoms with Gasteiger partial charge in [0.15, 0.2) is 5.75 Å². The number of aromatic hydroxyl groups is 1. The number of phenolic OH excluding ortho intramolecular Hbond substituents is 1. The number of esters is 1. The molecular formula is C26H28FN3O5. The van der Waals surface area contributed by atoms with Gasteiger partial charge in [0.2, 0.25) is 0 Å². The summed E-state index contributed by atoms with van der Waals surface area (Å²) in [5, 5.41) is 11.2. The number of hydrogen-bond donors (Lipinski definition) is 1. The van der Waals surface area contributed by atoms with E-state index in [0.29, 0.717) is 44.6 Å². The molecule has 2 aromatic carbocycles. The van der Waals surface area contributed by atoms with Gasteiger partial charge in [-0.15, -0.1) is 0 Å². The van der Waals surface area contributed by atoms with Gasteiger partial charge in [-0.05, 0) is 41.8 Å². The molecule has 184 valence electrons. The number of piperazine rings is 1. The predicted octanol–water partition coefficient (Wildman–Crippen LogP) is 2.86. The van der Waals surface area contributed by atoms with E-state index in [0.717, 1.165) is 17.7 Å². The molecule has 0 atom stereocenters. The smallest absolute Gasteiger partial charge is 0.341 e. The molecule has 0 saturated carbocycles. The summed E-state index contributed by atoms with van der Waals surface area (Å²) in [5.41, 5.74) is 1.98. The van der Waals surface area contributed by atoms with Crippen molar-refractivity contribution in [2.24, 2.45) is 0 Å². The van der Waals surface area contributed by atoms with Crippen molar-refractivity contribution < 1.29 is 28.6 Å². The van der Waals surface area contributed by atoms with Crippen LogP contribution in [0.2, 0.25) is 0 Å². The molecule has 35 heavy (non-hydrogen) atoms. The average Bonchev–Trinajstić information content (AvgIpc) is 2.88. The number of pyridine rings is 1. The number of phenols is 1. The van der Waals surface area contributed by atoms with Crippen molar-refractivity contribution in [1.82, 2.24) is 14.8 Å². The topological polar surface area (TPSA) is 92.2 Å². The lowest BCUT2D eigenvalue weighted by Crippen LogP contribution is -2.49. The number of benzene rings is 2. The van der Waals surface area contributed by atoms with Crippen molar-refractivity contribution in [1.29, 1.82) is 0 Å². The molecule has 9 heteroatoms. The van der Waals surface area contributed by atoms with Gasteiger partial charge in [-0.25, -0.2) is 9.18 Å². The summed E-state index contributed by atoms with van der Waals surface area (Å²) < 4.78 is 23.2. The highest BCUT2D eigenvalue weighted by molar-refractivity contribution is 6.11. The van der Waals surface area contributed by atoms with Gasteiger partial charge in [-0.3, -0.25) is 14.7 Å². The standard InChI is InChI=1S/C26H28FN3O5/c1-34-12-11-29-7-9-30(10-8-29)25(32)21-15-22(26(33)35-2)24(31)23-20(21)14-18(16-28-23)13-17-3-5-19(27)6-4-17/h3-6,14-16,31H,7-13H2,1-2H3. The number of ether oxygens (including phenoxy) is 2. The van der Waals surface area contributed by atoms with E-state index in [9.17, 15) is 19.1 Å². The van der Waals surface area contributed by atoms with Crippen LogP contribution in [-0.2, 0) is 15.9 Å². The Kier molecular flexibility index (Phi) is 7.57. The van der Waals surface area contributed by atoms with Crippen molar-refractivity contribution in [3.63, 3.8) is 0 Å². The van der Waals surface area contributed by atoms with E-state index in [-0.39, 0.29) is 34.1 Å². The van der Waals surface area contributed by atoms with E-state index >= 15 is 0 Å². The third-order valence-corrected chi connectivity index (χ3v) is 6.23. The number of aromatic nitrogens is 1.